The largest absolute Gasteiger partial charge is 0.416 e. The number of carbonyl (C=O) groups excluding carboxylic acids is 1. The molecule has 122 valence electrons. The lowest BCUT2D eigenvalue weighted by Gasteiger charge is -2.28. The monoisotopic (exact) mass is 334 g/mol. The van der Waals surface area contributed by atoms with Crippen molar-refractivity contribution < 1.29 is 18.0 Å². The van der Waals surface area contributed by atoms with E-state index in [1.165, 1.54) is 12.1 Å². The van der Waals surface area contributed by atoms with Crippen LogP contribution in [0.3, 0.4) is 0 Å². The fourth-order valence-electron chi connectivity index (χ4n) is 3.29. The number of alkyl halides is 3. The Balaban J connectivity index is 0.00000176. The fourth-order valence-corrected chi connectivity index (χ4v) is 3.29. The third kappa shape index (κ3) is 3.22. The number of hydrogen-bond donors (Lipinski definition) is 1. The zero-order chi connectivity index (χ0) is 15.0. The zero-order valence-corrected chi connectivity index (χ0v) is 12.7. The molecule has 0 spiro atoms. The van der Waals surface area contributed by atoms with Crippen molar-refractivity contribution in [1.29, 1.82) is 0 Å². The summed E-state index contributed by atoms with van der Waals surface area (Å²) in [7, 11) is 0. The summed E-state index contributed by atoms with van der Waals surface area (Å²) >= 11 is 0. The van der Waals surface area contributed by atoms with Crippen LogP contribution in [0.2, 0.25) is 0 Å². The Hall–Kier alpha value is -1.27. The molecule has 0 aliphatic carbocycles. The van der Waals surface area contributed by atoms with Gasteiger partial charge in [-0.25, -0.2) is 0 Å². The van der Waals surface area contributed by atoms with Crippen molar-refractivity contribution >= 4 is 18.3 Å². The second-order valence-electron chi connectivity index (χ2n) is 5.67. The summed E-state index contributed by atoms with van der Waals surface area (Å²) in [5.41, 5.74) is -0.641. The highest BCUT2D eigenvalue weighted by molar-refractivity contribution is 5.95. The number of nitrogens with zero attached hydrogens (tertiary/aromatic N) is 1. The Kier molecular flexibility index (Phi) is 5.02. The minimum Gasteiger partial charge on any atom is -0.331 e. The van der Waals surface area contributed by atoms with E-state index in [0.29, 0.717) is 0 Å². The van der Waals surface area contributed by atoms with Crippen molar-refractivity contribution in [3.8, 4) is 0 Å². The summed E-state index contributed by atoms with van der Waals surface area (Å²) in [5, 5.41) is 3.28. The van der Waals surface area contributed by atoms with Crippen LogP contribution in [0.15, 0.2) is 24.3 Å². The minimum absolute atomic E-state index is 0. The first-order valence-corrected chi connectivity index (χ1v) is 7.17. The van der Waals surface area contributed by atoms with Crippen LogP contribution < -0.4 is 5.32 Å². The highest BCUT2D eigenvalue weighted by Crippen LogP contribution is 2.32. The van der Waals surface area contributed by atoms with Crippen molar-refractivity contribution in [2.75, 3.05) is 13.1 Å². The van der Waals surface area contributed by atoms with Crippen molar-refractivity contribution in [2.45, 2.75) is 37.5 Å². The van der Waals surface area contributed by atoms with Gasteiger partial charge in [0.1, 0.15) is 0 Å². The molecule has 0 aromatic heterocycles. The van der Waals surface area contributed by atoms with Gasteiger partial charge in [-0.1, -0.05) is 6.07 Å². The molecule has 2 atom stereocenters. The van der Waals surface area contributed by atoms with Gasteiger partial charge in [-0.2, -0.15) is 13.2 Å². The van der Waals surface area contributed by atoms with Crippen LogP contribution in [0.1, 0.15) is 35.2 Å². The molecule has 2 bridgehead atoms. The van der Waals surface area contributed by atoms with Crippen LogP contribution in [0, 0.1) is 0 Å². The number of amides is 1. The maximum atomic E-state index is 12.8. The Morgan fingerprint density at radius 1 is 1.18 bits per heavy atom. The van der Waals surface area contributed by atoms with Crippen molar-refractivity contribution in [2.24, 2.45) is 0 Å². The lowest BCUT2D eigenvalue weighted by Crippen LogP contribution is -2.42. The molecule has 2 heterocycles. The van der Waals surface area contributed by atoms with Gasteiger partial charge in [0.15, 0.2) is 0 Å². The summed E-state index contributed by atoms with van der Waals surface area (Å²) in [5.74, 6) is -0.280. The van der Waals surface area contributed by atoms with E-state index in [0.717, 1.165) is 44.5 Å². The van der Waals surface area contributed by atoms with Gasteiger partial charge in [0.05, 0.1) is 5.56 Å². The van der Waals surface area contributed by atoms with Crippen molar-refractivity contribution in [1.82, 2.24) is 10.2 Å². The van der Waals surface area contributed by atoms with Gasteiger partial charge in [0.2, 0.25) is 0 Å². The zero-order valence-electron chi connectivity index (χ0n) is 11.9. The maximum Gasteiger partial charge on any atom is 0.416 e. The van der Waals surface area contributed by atoms with Crippen LogP contribution >= 0.6 is 12.4 Å². The second-order valence-corrected chi connectivity index (χ2v) is 5.67. The molecule has 2 saturated heterocycles. The van der Waals surface area contributed by atoms with E-state index < -0.39 is 11.7 Å². The first-order chi connectivity index (χ1) is 9.97. The summed E-state index contributed by atoms with van der Waals surface area (Å²) in [6.45, 7) is 1.58. The molecule has 0 radical (unpaired) electrons. The molecule has 7 heteroatoms. The molecule has 3 rings (SSSR count). The van der Waals surface area contributed by atoms with Crippen LogP contribution in [-0.4, -0.2) is 36.0 Å². The molecular weight excluding hydrogens is 317 g/mol. The first kappa shape index (κ1) is 17.1. The number of rotatable bonds is 1. The van der Waals surface area contributed by atoms with Crippen LogP contribution in [0.5, 0.6) is 0 Å². The summed E-state index contributed by atoms with van der Waals surface area (Å²) < 4.78 is 38.3. The van der Waals surface area contributed by atoms with Gasteiger partial charge in [-0.05, 0) is 44.0 Å². The quantitative estimate of drug-likeness (QED) is 0.856. The van der Waals surface area contributed by atoms with Crippen molar-refractivity contribution in [3.63, 3.8) is 0 Å². The highest BCUT2D eigenvalue weighted by Gasteiger charge is 2.39. The molecule has 3 nitrogen and oxygen atoms in total. The average Bonchev–Trinajstić information content (AvgIpc) is 2.70. The number of carbonyl (C=O) groups is 1. The van der Waals surface area contributed by atoms with E-state index in [1.807, 2.05) is 0 Å². The van der Waals surface area contributed by atoms with E-state index in [4.69, 9.17) is 0 Å². The number of halogens is 4. The average molecular weight is 335 g/mol. The van der Waals surface area contributed by atoms with E-state index in [2.05, 4.69) is 5.32 Å². The summed E-state index contributed by atoms with van der Waals surface area (Å²) in [6, 6.07) is 4.96. The summed E-state index contributed by atoms with van der Waals surface area (Å²) in [6.07, 6.45) is -1.70. The topological polar surface area (TPSA) is 32.3 Å². The number of hydrogen-bond acceptors (Lipinski definition) is 2. The third-order valence-corrected chi connectivity index (χ3v) is 4.33. The predicted octanol–water partition coefficient (Wildman–Crippen LogP) is 3.09. The SMILES string of the molecule is Cl.O=C(c1cccc(C(F)(F)F)c1)N1C2CCNCC1CC2. The van der Waals surface area contributed by atoms with Crippen LogP contribution in [0.25, 0.3) is 0 Å². The van der Waals surface area contributed by atoms with Crippen LogP contribution in [-0.2, 0) is 6.18 Å². The Labute approximate surface area is 133 Å². The van der Waals surface area contributed by atoms with Gasteiger partial charge in [0, 0.05) is 24.2 Å². The highest BCUT2D eigenvalue weighted by atomic mass is 35.5. The predicted molar refractivity (Wildman–Crippen MR) is 79.2 cm³/mol. The third-order valence-electron chi connectivity index (χ3n) is 4.33. The molecule has 2 aliphatic rings. The van der Waals surface area contributed by atoms with Gasteiger partial charge in [0.25, 0.3) is 5.91 Å². The van der Waals surface area contributed by atoms with E-state index >= 15 is 0 Å². The lowest BCUT2D eigenvalue weighted by atomic mass is 10.1. The molecule has 1 N–H and O–H groups in total. The standard InChI is InChI=1S/C15H17F3N2O.ClH/c16-15(17,18)11-3-1-2-10(8-11)14(21)20-12-4-5-13(20)9-19-7-6-12;/h1-3,8,12-13,19H,4-7,9H2;1H. The molecule has 1 aromatic carbocycles. The molecule has 0 saturated carbocycles. The number of nitrogens with one attached hydrogen (secondary N) is 1. The molecule has 2 unspecified atom stereocenters. The fraction of sp³-hybridized carbons (Fsp3) is 0.533. The van der Waals surface area contributed by atoms with Gasteiger partial charge in [-0.15, -0.1) is 12.4 Å². The maximum absolute atomic E-state index is 12.8. The molecule has 2 fully saturated rings. The normalized spacial score (nSPS) is 24.6. The first-order valence-electron chi connectivity index (χ1n) is 7.17. The molecule has 1 aromatic rings. The smallest absolute Gasteiger partial charge is 0.331 e. The van der Waals surface area contributed by atoms with Crippen LogP contribution in [0.4, 0.5) is 13.2 Å². The van der Waals surface area contributed by atoms with Gasteiger partial charge < -0.3 is 10.2 Å². The molecule has 2 aliphatic heterocycles. The van der Waals surface area contributed by atoms with E-state index in [9.17, 15) is 18.0 Å². The molecular formula is C15H18ClF3N2O. The van der Waals surface area contributed by atoms with E-state index in [-0.39, 0.29) is 36.0 Å². The number of fused-ring (bicyclic) bond motifs is 2. The molecule has 1 amide bonds. The Morgan fingerprint density at radius 2 is 1.91 bits per heavy atom. The van der Waals surface area contributed by atoms with Crippen molar-refractivity contribution in [3.05, 3.63) is 35.4 Å². The lowest BCUT2D eigenvalue weighted by molar-refractivity contribution is -0.137. The second kappa shape index (κ2) is 6.46. The molecule has 22 heavy (non-hydrogen) atoms. The van der Waals surface area contributed by atoms with E-state index in [1.54, 1.807) is 4.90 Å². The van der Waals surface area contributed by atoms with Gasteiger partial charge >= 0.3 is 6.18 Å². The van der Waals surface area contributed by atoms with Gasteiger partial charge in [-0.3, -0.25) is 4.79 Å². The number of benzene rings is 1. The summed E-state index contributed by atoms with van der Waals surface area (Å²) in [4.78, 5) is 14.4. The Bertz CT molecular complexity index is 536. The Morgan fingerprint density at radius 3 is 2.64 bits per heavy atom. The minimum atomic E-state index is -4.42.